The maximum absolute atomic E-state index is 14.2. The van der Waals surface area contributed by atoms with Crippen molar-refractivity contribution in [2.45, 2.75) is 181 Å². The van der Waals surface area contributed by atoms with Crippen molar-refractivity contribution < 1.29 is 42.9 Å². The van der Waals surface area contributed by atoms with Gasteiger partial charge in [0.1, 0.15) is 28.6 Å². The van der Waals surface area contributed by atoms with Crippen LogP contribution in [0.5, 0.6) is 34.5 Å². The molecule has 0 fully saturated rings. The van der Waals surface area contributed by atoms with Crippen LogP contribution in [0.1, 0.15) is 190 Å². The van der Waals surface area contributed by atoms with Gasteiger partial charge in [-0.05, 0) is 136 Å². The number of carbonyl (C=O) groups excluding carboxylic acids is 2. The van der Waals surface area contributed by atoms with Crippen LogP contribution in [0.25, 0.3) is 22.3 Å². The standard InChI is InChI=1S/C74H94N4O10/c1-9-13-17-20-22-24-26-29-49-83-63-45-41-59(42-46-63)57-33-37-61(38-34-57)73(79)87-70-53-67(77(7)8)71(86-55(5)31-16-12-4)51-66(70)76-75-65-52-72(68(78(81)82)54-69(65)85-56(6)32-28-19-15-11-3)88-74(80)62-39-35-58(36-40-62)60-43-47-64(48-44-60)84-50-30-27-25-23-21-18-14-10-2/h9,12,33-48,51-56H,1,4,10-11,13-32,49-50H2,2-3,5-8H3/b76-75+/t55-,56-/m0/s1. The molecule has 0 bridgehead atoms. The first-order valence-electron chi connectivity index (χ1n) is 32.1. The lowest BCUT2D eigenvalue weighted by Crippen LogP contribution is -2.16. The molecule has 14 heteroatoms. The molecule has 0 saturated heterocycles. The van der Waals surface area contributed by atoms with E-state index in [1.165, 1.54) is 76.3 Å². The first kappa shape index (κ1) is 68.8. The molecule has 0 heterocycles. The zero-order chi connectivity index (χ0) is 62.9. The smallest absolute Gasteiger partial charge is 0.343 e. The van der Waals surface area contributed by atoms with Gasteiger partial charge in [-0.1, -0.05) is 164 Å². The van der Waals surface area contributed by atoms with Gasteiger partial charge in [0, 0.05) is 32.3 Å². The number of ether oxygens (including phenoxy) is 6. The van der Waals surface area contributed by atoms with Crippen molar-refractivity contribution in [1.82, 2.24) is 0 Å². The summed E-state index contributed by atoms with van der Waals surface area (Å²) in [5, 5.41) is 22.1. The fraction of sp³-hybridized carbons (Fsp3) is 0.432. The van der Waals surface area contributed by atoms with Crippen molar-refractivity contribution in [3.05, 3.63) is 168 Å². The van der Waals surface area contributed by atoms with E-state index in [0.717, 1.165) is 98.0 Å². The SMILES string of the molecule is C=CCCCCCCCCOc1ccc(-c2ccc(C(=O)Oc3cc(N(C)C)c(O[C@@H](C)CCC=C)cc3/N=N/c3cc(OC(=O)c4ccc(-c5ccc(OCCCCCCCCCC)cc5)cc4)c([N+](=O)[O-])cc3O[C@@H](C)CCCCCC)cc2)cc1. The van der Waals surface area contributed by atoms with Crippen LogP contribution >= 0.6 is 0 Å². The molecular weight excluding hydrogens is 1100 g/mol. The number of anilines is 1. The predicted molar refractivity (Wildman–Crippen MR) is 356 cm³/mol. The molecule has 14 nitrogen and oxygen atoms in total. The quantitative estimate of drug-likeness (QED) is 0.00682. The monoisotopic (exact) mass is 1200 g/mol. The Morgan fingerprint density at radius 3 is 1.39 bits per heavy atom. The molecule has 88 heavy (non-hydrogen) atoms. The van der Waals surface area contributed by atoms with Gasteiger partial charge in [-0.3, -0.25) is 10.1 Å². The molecular formula is C74H94N4O10. The average molecular weight is 1200 g/mol. The number of esters is 2. The average Bonchev–Trinajstić information content (AvgIpc) is 3.69. The van der Waals surface area contributed by atoms with E-state index in [4.69, 9.17) is 28.4 Å². The second kappa shape index (κ2) is 38.1. The number of carbonyl (C=O) groups is 2. The molecule has 0 aliphatic rings. The zero-order valence-electron chi connectivity index (χ0n) is 53.1. The van der Waals surface area contributed by atoms with E-state index in [-0.39, 0.29) is 46.4 Å². The Hall–Kier alpha value is -8.26. The lowest BCUT2D eigenvalue weighted by molar-refractivity contribution is -0.385. The third kappa shape index (κ3) is 23.1. The Kier molecular flexibility index (Phi) is 29.8. The lowest BCUT2D eigenvalue weighted by atomic mass is 10.0. The van der Waals surface area contributed by atoms with Crippen LogP contribution in [-0.2, 0) is 0 Å². The van der Waals surface area contributed by atoms with Crippen LogP contribution in [0.4, 0.5) is 22.7 Å². The van der Waals surface area contributed by atoms with Crippen molar-refractivity contribution in [1.29, 1.82) is 0 Å². The molecule has 0 amide bonds. The highest BCUT2D eigenvalue weighted by Crippen LogP contribution is 2.45. The number of rotatable bonds is 42. The minimum atomic E-state index is -0.820. The summed E-state index contributed by atoms with van der Waals surface area (Å²) in [6.07, 6.45) is 27.2. The maximum atomic E-state index is 14.2. The van der Waals surface area contributed by atoms with Crippen molar-refractivity contribution in [3.63, 3.8) is 0 Å². The summed E-state index contributed by atoms with van der Waals surface area (Å²) >= 11 is 0. The van der Waals surface area contributed by atoms with E-state index in [0.29, 0.717) is 43.1 Å². The van der Waals surface area contributed by atoms with Crippen molar-refractivity contribution in [2.75, 3.05) is 32.2 Å². The molecule has 0 aliphatic heterocycles. The molecule has 0 radical (unpaired) electrons. The summed E-state index contributed by atoms with van der Waals surface area (Å²) < 4.78 is 37.0. The van der Waals surface area contributed by atoms with E-state index in [2.05, 4.69) is 37.2 Å². The number of nitro groups is 1. The number of hydrogen-bond acceptors (Lipinski definition) is 13. The summed E-state index contributed by atoms with van der Waals surface area (Å²) in [4.78, 5) is 42.1. The highest BCUT2D eigenvalue weighted by Gasteiger charge is 2.26. The van der Waals surface area contributed by atoms with Gasteiger partial charge in [-0.15, -0.1) is 23.4 Å². The summed E-state index contributed by atoms with van der Waals surface area (Å²) in [6, 6.07) is 35.5. The first-order valence-corrected chi connectivity index (χ1v) is 32.1. The minimum absolute atomic E-state index is 0.0291. The summed E-state index contributed by atoms with van der Waals surface area (Å²) in [5.74, 6) is 0.320. The fourth-order valence-electron chi connectivity index (χ4n) is 10.1. The van der Waals surface area contributed by atoms with Gasteiger partial charge >= 0.3 is 17.6 Å². The van der Waals surface area contributed by atoms with Gasteiger partial charge in [0.2, 0.25) is 5.75 Å². The second-order valence-corrected chi connectivity index (χ2v) is 22.9. The normalized spacial score (nSPS) is 11.8. The largest absolute Gasteiger partial charge is 0.494 e. The number of hydrogen-bond donors (Lipinski definition) is 0. The predicted octanol–water partition coefficient (Wildman–Crippen LogP) is 21.1. The maximum Gasteiger partial charge on any atom is 0.343 e. The Balaban J connectivity index is 1.24. The lowest BCUT2D eigenvalue weighted by Gasteiger charge is -2.22. The van der Waals surface area contributed by atoms with Crippen molar-refractivity contribution >= 4 is 34.7 Å². The summed E-state index contributed by atoms with van der Waals surface area (Å²) in [5.41, 5.74) is 4.36. The van der Waals surface area contributed by atoms with Crippen LogP contribution in [0.15, 0.2) is 157 Å². The number of allylic oxidation sites excluding steroid dienone is 2. The van der Waals surface area contributed by atoms with Gasteiger partial charge in [0.25, 0.3) is 0 Å². The molecule has 0 saturated carbocycles. The number of nitro benzene ring substituents is 1. The Morgan fingerprint density at radius 1 is 0.500 bits per heavy atom. The summed E-state index contributed by atoms with van der Waals surface area (Å²) in [6.45, 7) is 17.2. The van der Waals surface area contributed by atoms with Crippen LogP contribution in [0.3, 0.4) is 0 Å². The third-order valence-corrected chi connectivity index (χ3v) is 15.3. The molecule has 470 valence electrons. The minimum Gasteiger partial charge on any atom is -0.494 e. The molecule has 0 spiro atoms. The van der Waals surface area contributed by atoms with E-state index < -0.39 is 22.5 Å². The molecule has 0 aliphatic carbocycles. The van der Waals surface area contributed by atoms with Gasteiger partial charge in [-0.2, -0.15) is 0 Å². The summed E-state index contributed by atoms with van der Waals surface area (Å²) in [7, 11) is 3.70. The third-order valence-electron chi connectivity index (χ3n) is 15.3. The molecule has 6 rings (SSSR count). The number of nitrogens with zero attached hydrogens (tertiary/aromatic N) is 4. The van der Waals surface area contributed by atoms with Crippen LogP contribution in [-0.4, -0.2) is 56.4 Å². The van der Waals surface area contributed by atoms with E-state index in [9.17, 15) is 19.7 Å². The zero-order valence-corrected chi connectivity index (χ0v) is 53.1. The molecule has 2 atom stereocenters. The van der Waals surface area contributed by atoms with Gasteiger partial charge in [0.15, 0.2) is 11.5 Å². The van der Waals surface area contributed by atoms with Crippen molar-refractivity contribution in [2.24, 2.45) is 10.2 Å². The topological polar surface area (TPSA) is 161 Å². The highest BCUT2D eigenvalue weighted by atomic mass is 16.6. The number of unbranched alkanes of at least 4 members (excludes halogenated alkanes) is 16. The Labute approximate surface area is 523 Å². The molecule has 0 aromatic heterocycles. The highest BCUT2D eigenvalue weighted by molar-refractivity contribution is 5.93. The van der Waals surface area contributed by atoms with E-state index in [1.807, 2.05) is 106 Å². The van der Waals surface area contributed by atoms with Gasteiger partial charge < -0.3 is 33.3 Å². The van der Waals surface area contributed by atoms with Crippen LogP contribution < -0.4 is 33.3 Å². The molecule has 0 unspecified atom stereocenters. The number of benzene rings is 6. The Morgan fingerprint density at radius 2 is 0.909 bits per heavy atom. The van der Waals surface area contributed by atoms with E-state index in [1.54, 1.807) is 48.5 Å². The van der Waals surface area contributed by atoms with Gasteiger partial charge in [0.05, 0.1) is 53.2 Å². The Bertz CT molecular complexity index is 3120. The van der Waals surface area contributed by atoms with E-state index >= 15 is 0 Å². The second-order valence-electron chi connectivity index (χ2n) is 22.9. The van der Waals surface area contributed by atoms with Gasteiger partial charge in [-0.25, -0.2) is 9.59 Å². The first-order chi connectivity index (χ1) is 42.8. The molecule has 6 aromatic carbocycles. The number of azo groups is 1. The fourth-order valence-corrected chi connectivity index (χ4v) is 10.1. The molecule has 6 aromatic rings. The van der Waals surface area contributed by atoms with Crippen LogP contribution in [0, 0.1) is 10.1 Å². The van der Waals surface area contributed by atoms with Crippen molar-refractivity contribution in [3.8, 4) is 56.8 Å². The van der Waals surface area contributed by atoms with Crippen LogP contribution in [0.2, 0.25) is 0 Å². The molecule has 0 N–H and O–H groups in total.